The summed E-state index contributed by atoms with van der Waals surface area (Å²) in [6.45, 7) is 13.5. The summed E-state index contributed by atoms with van der Waals surface area (Å²) in [5.41, 5.74) is 13.2. The average molecular weight is 448 g/mol. The average Bonchev–Trinajstić information content (AvgIpc) is 3.27. The van der Waals surface area contributed by atoms with E-state index >= 15 is 0 Å². The first-order chi connectivity index (χ1) is 16.2. The predicted molar refractivity (Wildman–Crippen MR) is 139 cm³/mol. The third-order valence-electron chi connectivity index (χ3n) is 7.85. The highest BCUT2D eigenvalue weighted by Crippen LogP contribution is 2.52. The van der Waals surface area contributed by atoms with Gasteiger partial charge in [-0.1, -0.05) is 52.0 Å². The van der Waals surface area contributed by atoms with Crippen LogP contribution in [-0.4, -0.2) is 4.98 Å². The van der Waals surface area contributed by atoms with Gasteiger partial charge in [0, 0.05) is 45.8 Å². The van der Waals surface area contributed by atoms with Crippen LogP contribution >= 0.6 is 0 Å². The smallest absolute Gasteiger partial charge is 0.216 e. The molecule has 3 heterocycles. The van der Waals surface area contributed by atoms with Crippen LogP contribution in [0.15, 0.2) is 59.4 Å². The summed E-state index contributed by atoms with van der Waals surface area (Å²) >= 11 is 0. The van der Waals surface area contributed by atoms with E-state index in [0.717, 1.165) is 11.2 Å². The Morgan fingerprint density at radius 2 is 1.59 bits per heavy atom. The Labute approximate surface area is 201 Å². The fourth-order valence-corrected chi connectivity index (χ4v) is 6.03. The van der Waals surface area contributed by atoms with Gasteiger partial charge < -0.3 is 4.42 Å². The Hall–Kier alpha value is -3.46. The van der Waals surface area contributed by atoms with Crippen molar-refractivity contribution in [2.45, 2.75) is 52.9 Å². The SMILES string of the molecule is Cc1c[n+](C)c(-c2c(C)ccc3c2oc2c4c(ccc23)C(C)(C)c2cnccc2-4)cc1C(C)C. The van der Waals surface area contributed by atoms with Crippen molar-refractivity contribution < 1.29 is 8.98 Å². The Kier molecular flexibility index (Phi) is 4.36. The quantitative estimate of drug-likeness (QED) is 0.262. The molecule has 6 rings (SSSR count). The van der Waals surface area contributed by atoms with Gasteiger partial charge in [-0.3, -0.25) is 4.98 Å². The largest absolute Gasteiger partial charge is 0.454 e. The summed E-state index contributed by atoms with van der Waals surface area (Å²) in [5, 5.41) is 2.35. The van der Waals surface area contributed by atoms with Crippen LogP contribution in [-0.2, 0) is 12.5 Å². The summed E-state index contributed by atoms with van der Waals surface area (Å²) in [6, 6.07) is 13.5. The van der Waals surface area contributed by atoms with Gasteiger partial charge in [-0.05, 0) is 53.6 Å². The van der Waals surface area contributed by atoms with Gasteiger partial charge in [-0.2, -0.15) is 0 Å². The zero-order valence-electron chi connectivity index (χ0n) is 21.1. The second-order valence-electron chi connectivity index (χ2n) is 10.7. The van der Waals surface area contributed by atoms with Crippen LogP contribution in [0.4, 0.5) is 0 Å². The first kappa shape index (κ1) is 21.1. The minimum atomic E-state index is -0.0968. The van der Waals surface area contributed by atoms with Crippen molar-refractivity contribution in [3.8, 4) is 22.4 Å². The molecule has 0 unspecified atom stereocenters. The molecule has 3 nitrogen and oxygen atoms in total. The van der Waals surface area contributed by atoms with Crippen molar-refractivity contribution in [1.82, 2.24) is 4.98 Å². The first-order valence-corrected chi connectivity index (χ1v) is 12.1. The molecule has 34 heavy (non-hydrogen) atoms. The Bertz CT molecular complexity index is 1640. The normalized spacial score (nSPS) is 14.2. The first-order valence-electron chi connectivity index (χ1n) is 12.1. The van der Waals surface area contributed by atoms with Gasteiger partial charge >= 0.3 is 0 Å². The van der Waals surface area contributed by atoms with Gasteiger partial charge in [-0.25, -0.2) is 4.57 Å². The molecule has 0 aliphatic heterocycles. The maximum atomic E-state index is 6.86. The van der Waals surface area contributed by atoms with E-state index in [4.69, 9.17) is 4.42 Å². The third kappa shape index (κ3) is 2.70. The van der Waals surface area contributed by atoms with Crippen molar-refractivity contribution in [2.75, 3.05) is 0 Å². The summed E-state index contributed by atoms with van der Waals surface area (Å²) in [6.07, 6.45) is 6.15. The summed E-state index contributed by atoms with van der Waals surface area (Å²) in [4.78, 5) is 4.43. The zero-order valence-corrected chi connectivity index (χ0v) is 21.1. The molecule has 0 spiro atoms. The molecule has 0 bridgehead atoms. The Balaban J connectivity index is 1.72. The van der Waals surface area contributed by atoms with E-state index in [1.807, 2.05) is 12.4 Å². The van der Waals surface area contributed by atoms with Crippen LogP contribution in [0.5, 0.6) is 0 Å². The molecule has 0 saturated carbocycles. The van der Waals surface area contributed by atoms with Crippen molar-refractivity contribution in [2.24, 2.45) is 7.05 Å². The van der Waals surface area contributed by atoms with Crippen molar-refractivity contribution in [3.63, 3.8) is 0 Å². The number of fused-ring (bicyclic) bond motifs is 7. The van der Waals surface area contributed by atoms with Gasteiger partial charge in [-0.15, -0.1) is 0 Å². The molecule has 2 aromatic carbocycles. The van der Waals surface area contributed by atoms with Gasteiger partial charge in [0.2, 0.25) is 5.69 Å². The number of furan rings is 1. The highest BCUT2D eigenvalue weighted by Gasteiger charge is 2.38. The van der Waals surface area contributed by atoms with Gasteiger partial charge in [0.1, 0.15) is 18.2 Å². The molecule has 3 aromatic heterocycles. The molecular weight excluding hydrogens is 416 g/mol. The molecular formula is C31H31N2O+. The van der Waals surface area contributed by atoms with Crippen LogP contribution in [0.1, 0.15) is 61.4 Å². The molecule has 0 radical (unpaired) electrons. The highest BCUT2D eigenvalue weighted by atomic mass is 16.3. The topological polar surface area (TPSA) is 29.9 Å². The van der Waals surface area contributed by atoms with E-state index < -0.39 is 0 Å². The second kappa shape index (κ2) is 7.02. The lowest BCUT2D eigenvalue weighted by Crippen LogP contribution is -2.32. The lowest BCUT2D eigenvalue weighted by atomic mass is 9.83. The third-order valence-corrected chi connectivity index (χ3v) is 7.85. The van der Waals surface area contributed by atoms with E-state index in [-0.39, 0.29) is 5.41 Å². The van der Waals surface area contributed by atoms with Gasteiger partial charge in [0.05, 0.1) is 5.56 Å². The predicted octanol–water partition coefficient (Wildman–Crippen LogP) is 7.52. The van der Waals surface area contributed by atoms with E-state index in [1.54, 1.807) is 0 Å². The molecule has 0 N–H and O–H groups in total. The standard InChI is InChI=1S/C31H31N2O/c1-17(2)23-14-26(33(7)16-19(23)4)27-18(3)8-9-20-21-10-11-24-28(30(21)34-29(20)27)22-12-13-32-15-25(22)31(24,5)6/h8-17H,1-7H3/q+1. The minimum absolute atomic E-state index is 0.0968. The Morgan fingerprint density at radius 3 is 2.32 bits per heavy atom. The fraction of sp³-hybridized carbons (Fsp3) is 0.290. The number of pyridine rings is 2. The zero-order chi connectivity index (χ0) is 23.9. The maximum absolute atomic E-state index is 6.86. The molecule has 3 heteroatoms. The molecule has 0 amide bonds. The maximum Gasteiger partial charge on any atom is 0.216 e. The van der Waals surface area contributed by atoms with Crippen LogP contribution in [0.2, 0.25) is 0 Å². The van der Waals surface area contributed by atoms with Crippen LogP contribution < -0.4 is 4.57 Å². The van der Waals surface area contributed by atoms with Gasteiger partial charge in [0.25, 0.3) is 0 Å². The second-order valence-corrected chi connectivity index (χ2v) is 10.7. The van der Waals surface area contributed by atoms with E-state index in [0.29, 0.717) is 5.92 Å². The number of rotatable bonds is 2. The van der Waals surface area contributed by atoms with Crippen LogP contribution in [0.25, 0.3) is 44.3 Å². The highest BCUT2D eigenvalue weighted by molar-refractivity contribution is 6.14. The molecule has 1 aliphatic rings. The van der Waals surface area contributed by atoms with E-state index in [1.165, 1.54) is 61.0 Å². The molecule has 5 aromatic rings. The molecule has 0 atom stereocenters. The number of nitrogens with zero attached hydrogens (tertiary/aromatic N) is 2. The van der Waals surface area contributed by atoms with Crippen LogP contribution in [0.3, 0.4) is 0 Å². The molecule has 0 fully saturated rings. The number of aryl methyl sites for hydroxylation is 3. The van der Waals surface area contributed by atoms with Crippen molar-refractivity contribution >= 4 is 21.9 Å². The number of hydrogen-bond donors (Lipinski definition) is 0. The van der Waals surface area contributed by atoms with E-state index in [9.17, 15) is 0 Å². The minimum Gasteiger partial charge on any atom is -0.454 e. The Morgan fingerprint density at radius 1 is 0.882 bits per heavy atom. The number of aromatic nitrogens is 2. The van der Waals surface area contributed by atoms with Gasteiger partial charge in [0.15, 0.2) is 6.20 Å². The lowest BCUT2D eigenvalue weighted by molar-refractivity contribution is -0.660. The van der Waals surface area contributed by atoms with E-state index in [2.05, 4.69) is 101 Å². The molecule has 170 valence electrons. The lowest BCUT2D eigenvalue weighted by Gasteiger charge is -2.20. The van der Waals surface area contributed by atoms with Crippen LogP contribution in [0, 0.1) is 13.8 Å². The number of benzene rings is 2. The molecule has 1 aliphatic carbocycles. The monoisotopic (exact) mass is 447 g/mol. The number of hydrogen-bond acceptors (Lipinski definition) is 2. The summed E-state index contributed by atoms with van der Waals surface area (Å²) < 4.78 is 9.10. The summed E-state index contributed by atoms with van der Waals surface area (Å²) in [5.74, 6) is 0.464. The fourth-order valence-electron chi connectivity index (χ4n) is 6.03. The molecule has 0 saturated heterocycles. The van der Waals surface area contributed by atoms with Crippen molar-refractivity contribution in [1.29, 1.82) is 0 Å². The summed E-state index contributed by atoms with van der Waals surface area (Å²) in [7, 11) is 2.14. The van der Waals surface area contributed by atoms with Crippen molar-refractivity contribution in [3.05, 3.63) is 82.8 Å².